The number of nitrogens with zero attached hydrogens (tertiary/aromatic N) is 3. The number of esters is 1. The van der Waals surface area contributed by atoms with Gasteiger partial charge in [-0.1, -0.05) is 13.8 Å². The molecule has 0 saturated carbocycles. The van der Waals surface area contributed by atoms with Gasteiger partial charge in [0, 0.05) is 17.6 Å². The van der Waals surface area contributed by atoms with Gasteiger partial charge in [0.25, 0.3) is 0 Å². The molecule has 0 radical (unpaired) electrons. The van der Waals surface area contributed by atoms with E-state index in [1.54, 1.807) is 13.1 Å². The van der Waals surface area contributed by atoms with Crippen LogP contribution in [0, 0.1) is 0 Å². The van der Waals surface area contributed by atoms with E-state index in [4.69, 9.17) is 4.74 Å². The highest BCUT2D eigenvalue weighted by Crippen LogP contribution is 2.11. The van der Waals surface area contributed by atoms with Gasteiger partial charge in [0.2, 0.25) is 5.78 Å². The van der Waals surface area contributed by atoms with Crippen LogP contribution in [0.1, 0.15) is 42.6 Å². The van der Waals surface area contributed by atoms with E-state index in [1.165, 1.54) is 0 Å². The summed E-state index contributed by atoms with van der Waals surface area (Å²) in [6.45, 7) is 6.24. The number of hydrogen-bond donors (Lipinski definition) is 0. The maximum absolute atomic E-state index is 11.6. The summed E-state index contributed by atoms with van der Waals surface area (Å²) in [5.41, 5.74) is 2.40. The van der Waals surface area contributed by atoms with E-state index >= 15 is 0 Å². The first kappa shape index (κ1) is 12.5. The summed E-state index contributed by atoms with van der Waals surface area (Å²) >= 11 is 0. The number of hydrogen-bond acceptors (Lipinski definition) is 4. The van der Waals surface area contributed by atoms with Gasteiger partial charge in [-0.2, -0.15) is 0 Å². The lowest BCUT2D eigenvalue weighted by atomic mass is 10.2. The average Bonchev–Trinajstić information content (AvgIpc) is 2.81. The molecule has 18 heavy (non-hydrogen) atoms. The fourth-order valence-electron chi connectivity index (χ4n) is 1.84. The van der Waals surface area contributed by atoms with E-state index in [2.05, 4.69) is 16.9 Å². The standard InChI is InChI=1S/C13H17N3O2/c1-4-9-7-10(5-2)16-8-11(12(17)18-6-3)15-13(16)14-9/h7-8H,4-6H2,1-3H3. The first-order chi connectivity index (χ1) is 8.69. The maximum Gasteiger partial charge on any atom is 0.358 e. The molecule has 0 aliphatic heterocycles. The van der Waals surface area contributed by atoms with Crippen LogP contribution in [0.3, 0.4) is 0 Å². The second-order valence-electron chi connectivity index (χ2n) is 3.96. The predicted octanol–water partition coefficient (Wildman–Crippen LogP) is 2.03. The molecule has 2 aromatic rings. The molecule has 0 fully saturated rings. The van der Waals surface area contributed by atoms with Crippen molar-refractivity contribution in [1.29, 1.82) is 0 Å². The SMILES string of the molecule is CCOC(=O)c1cn2c(CC)cc(CC)nc2n1. The number of fused-ring (bicyclic) bond motifs is 1. The number of ether oxygens (including phenoxy) is 1. The molecule has 2 aromatic heterocycles. The van der Waals surface area contributed by atoms with Crippen molar-refractivity contribution in [3.63, 3.8) is 0 Å². The van der Waals surface area contributed by atoms with Crippen LogP contribution >= 0.6 is 0 Å². The molecule has 2 rings (SSSR count). The van der Waals surface area contributed by atoms with Gasteiger partial charge >= 0.3 is 5.97 Å². The number of aromatic nitrogens is 3. The fraction of sp³-hybridized carbons (Fsp3) is 0.462. The monoisotopic (exact) mass is 247 g/mol. The maximum atomic E-state index is 11.6. The first-order valence-electron chi connectivity index (χ1n) is 6.24. The van der Waals surface area contributed by atoms with Crippen LogP contribution in [0.15, 0.2) is 12.3 Å². The topological polar surface area (TPSA) is 56.5 Å². The molecule has 5 nitrogen and oxygen atoms in total. The molecular weight excluding hydrogens is 230 g/mol. The summed E-state index contributed by atoms with van der Waals surface area (Å²) in [4.78, 5) is 20.3. The summed E-state index contributed by atoms with van der Waals surface area (Å²) in [7, 11) is 0. The minimum atomic E-state index is -0.400. The van der Waals surface area contributed by atoms with Gasteiger partial charge in [0.05, 0.1) is 6.61 Å². The minimum Gasteiger partial charge on any atom is -0.461 e. The molecule has 0 atom stereocenters. The minimum absolute atomic E-state index is 0.312. The van der Waals surface area contributed by atoms with Crippen molar-refractivity contribution in [2.24, 2.45) is 0 Å². The molecule has 0 bridgehead atoms. The zero-order chi connectivity index (χ0) is 13.1. The number of aryl methyl sites for hydroxylation is 2. The molecule has 0 N–H and O–H groups in total. The second-order valence-corrected chi connectivity index (χ2v) is 3.96. The van der Waals surface area contributed by atoms with E-state index in [-0.39, 0.29) is 0 Å². The first-order valence-corrected chi connectivity index (χ1v) is 6.24. The van der Waals surface area contributed by atoms with Gasteiger partial charge < -0.3 is 4.74 Å². The van der Waals surface area contributed by atoms with E-state index in [0.29, 0.717) is 18.1 Å². The molecular formula is C13H17N3O2. The molecule has 2 heterocycles. The van der Waals surface area contributed by atoms with Crippen molar-refractivity contribution in [1.82, 2.24) is 14.4 Å². The summed E-state index contributed by atoms with van der Waals surface area (Å²) in [5, 5.41) is 0. The van der Waals surface area contributed by atoms with E-state index in [1.807, 2.05) is 17.4 Å². The van der Waals surface area contributed by atoms with E-state index in [0.717, 1.165) is 24.2 Å². The van der Waals surface area contributed by atoms with Gasteiger partial charge in [-0.05, 0) is 25.8 Å². The molecule has 0 amide bonds. The lowest BCUT2D eigenvalue weighted by Gasteiger charge is -2.04. The Morgan fingerprint density at radius 2 is 2.06 bits per heavy atom. The zero-order valence-electron chi connectivity index (χ0n) is 10.9. The van der Waals surface area contributed by atoms with Crippen molar-refractivity contribution in [3.8, 4) is 0 Å². The average molecular weight is 247 g/mol. The number of carbonyl (C=O) groups excluding carboxylic acids is 1. The number of carbonyl (C=O) groups is 1. The lowest BCUT2D eigenvalue weighted by Crippen LogP contribution is -2.04. The Morgan fingerprint density at radius 1 is 1.28 bits per heavy atom. The summed E-state index contributed by atoms with van der Waals surface area (Å²) in [6, 6.07) is 2.05. The summed E-state index contributed by atoms with van der Waals surface area (Å²) in [5.74, 6) is 0.164. The Bertz CT molecular complexity index is 575. The number of rotatable bonds is 4. The van der Waals surface area contributed by atoms with Crippen LogP contribution in [0.2, 0.25) is 0 Å². The molecule has 0 unspecified atom stereocenters. The van der Waals surface area contributed by atoms with Gasteiger partial charge in [0.15, 0.2) is 5.69 Å². The Hall–Kier alpha value is -1.91. The Balaban J connectivity index is 2.52. The molecule has 0 aliphatic carbocycles. The van der Waals surface area contributed by atoms with Crippen LogP contribution < -0.4 is 0 Å². The van der Waals surface area contributed by atoms with Crippen LogP contribution in [-0.4, -0.2) is 26.9 Å². The molecule has 0 spiro atoms. The van der Waals surface area contributed by atoms with Crippen LogP contribution in [0.4, 0.5) is 0 Å². The largest absolute Gasteiger partial charge is 0.461 e. The zero-order valence-corrected chi connectivity index (χ0v) is 10.9. The Morgan fingerprint density at radius 3 is 2.67 bits per heavy atom. The molecule has 0 saturated heterocycles. The van der Waals surface area contributed by atoms with Crippen molar-refractivity contribution < 1.29 is 9.53 Å². The Labute approximate surface area is 106 Å². The summed E-state index contributed by atoms with van der Waals surface area (Å²) < 4.78 is 6.80. The third kappa shape index (κ3) is 2.20. The lowest BCUT2D eigenvalue weighted by molar-refractivity contribution is 0.0520. The third-order valence-corrected chi connectivity index (χ3v) is 2.78. The van der Waals surface area contributed by atoms with Gasteiger partial charge in [0.1, 0.15) is 0 Å². The smallest absolute Gasteiger partial charge is 0.358 e. The molecule has 96 valence electrons. The van der Waals surface area contributed by atoms with E-state index < -0.39 is 5.97 Å². The second kappa shape index (κ2) is 5.16. The third-order valence-electron chi connectivity index (χ3n) is 2.78. The normalized spacial score (nSPS) is 10.8. The summed E-state index contributed by atoms with van der Waals surface area (Å²) in [6.07, 6.45) is 3.41. The highest BCUT2D eigenvalue weighted by Gasteiger charge is 2.14. The van der Waals surface area contributed by atoms with Gasteiger partial charge in [-0.15, -0.1) is 0 Å². The van der Waals surface area contributed by atoms with Gasteiger partial charge in [-0.25, -0.2) is 14.8 Å². The van der Waals surface area contributed by atoms with Crippen LogP contribution in [0.5, 0.6) is 0 Å². The molecule has 5 heteroatoms. The highest BCUT2D eigenvalue weighted by molar-refractivity contribution is 5.87. The van der Waals surface area contributed by atoms with E-state index in [9.17, 15) is 4.79 Å². The van der Waals surface area contributed by atoms with Crippen molar-refractivity contribution in [3.05, 3.63) is 29.3 Å². The molecule has 0 aromatic carbocycles. The predicted molar refractivity (Wildman–Crippen MR) is 67.7 cm³/mol. The highest BCUT2D eigenvalue weighted by atomic mass is 16.5. The van der Waals surface area contributed by atoms with Crippen LogP contribution in [-0.2, 0) is 17.6 Å². The van der Waals surface area contributed by atoms with Gasteiger partial charge in [-0.3, -0.25) is 4.40 Å². The van der Waals surface area contributed by atoms with Crippen molar-refractivity contribution in [2.45, 2.75) is 33.6 Å². The molecule has 0 aliphatic rings. The van der Waals surface area contributed by atoms with Crippen LogP contribution in [0.25, 0.3) is 5.78 Å². The van der Waals surface area contributed by atoms with Crippen molar-refractivity contribution in [2.75, 3.05) is 6.61 Å². The Kier molecular flexibility index (Phi) is 3.60. The quantitative estimate of drug-likeness (QED) is 0.776. The number of imidazole rings is 1. The van der Waals surface area contributed by atoms with Crippen molar-refractivity contribution >= 4 is 11.7 Å². The fourth-order valence-corrected chi connectivity index (χ4v) is 1.84.